The Hall–Kier alpha value is -1.01. The number of rotatable bonds is 8. The lowest BCUT2D eigenvalue weighted by atomic mass is 10.2. The third-order valence-electron chi connectivity index (χ3n) is 2.76. The van der Waals surface area contributed by atoms with Gasteiger partial charge in [-0.25, -0.2) is 4.68 Å². The minimum absolute atomic E-state index is 0.176. The average Bonchev–Trinajstić information content (AvgIpc) is 2.82. The van der Waals surface area contributed by atoms with Crippen LogP contribution in [0.25, 0.3) is 0 Å². The topological polar surface area (TPSA) is 64.9 Å². The van der Waals surface area contributed by atoms with E-state index >= 15 is 0 Å². The van der Waals surface area contributed by atoms with Gasteiger partial charge in [0.05, 0.1) is 12.1 Å². The molecule has 0 fully saturated rings. The summed E-state index contributed by atoms with van der Waals surface area (Å²) in [5.74, 6) is 0.891. The van der Waals surface area contributed by atoms with Gasteiger partial charge in [-0.2, -0.15) is 0 Å². The van der Waals surface area contributed by atoms with E-state index in [-0.39, 0.29) is 12.1 Å². The fraction of sp³-hybridized carbons (Fsp3) is 0.909. The highest BCUT2D eigenvalue weighted by Crippen LogP contribution is 2.15. The number of aromatic nitrogens is 4. The third kappa shape index (κ3) is 4.05. The molecular formula is C11H23N5O. The van der Waals surface area contributed by atoms with Gasteiger partial charge in [0.25, 0.3) is 0 Å². The lowest BCUT2D eigenvalue weighted by Gasteiger charge is -2.17. The van der Waals surface area contributed by atoms with E-state index in [0.717, 1.165) is 31.8 Å². The monoisotopic (exact) mass is 241 g/mol. The van der Waals surface area contributed by atoms with Crippen LogP contribution >= 0.6 is 0 Å². The Balaban J connectivity index is 2.63. The molecule has 0 spiro atoms. The van der Waals surface area contributed by atoms with E-state index in [2.05, 4.69) is 41.6 Å². The van der Waals surface area contributed by atoms with Crippen LogP contribution in [0.2, 0.25) is 0 Å². The first-order valence-corrected chi connectivity index (χ1v) is 6.20. The van der Waals surface area contributed by atoms with Gasteiger partial charge in [0.1, 0.15) is 0 Å². The van der Waals surface area contributed by atoms with Crippen LogP contribution in [0.15, 0.2) is 0 Å². The van der Waals surface area contributed by atoms with Gasteiger partial charge < -0.3 is 10.1 Å². The van der Waals surface area contributed by atoms with Crippen LogP contribution < -0.4 is 5.32 Å². The molecule has 1 aromatic heterocycles. The van der Waals surface area contributed by atoms with Crippen molar-refractivity contribution in [3.05, 3.63) is 5.82 Å². The first kappa shape index (κ1) is 14.1. The van der Waals surface area contributed by atoms with Gasteiger partial charge in [-0.05, 0) is 43.7 Å². The molecular weight excluding hydrogens is 218 g/mol. The third-order valence-corrected chi connectivity index (χ3v) is 2.76. The lowest BCUT2D eigenvalue weighted by molar-refractivity contribution is 0.177. The summed E-state index contributed by atoms with van der Waals surface area (Å²) in [5.41, 5.74) is 0. The minimum atomic E-state index is 0.176. The van der Waals surface area contributed by atoms with Crippen LogP contribution in [0.3, 0.4) is 0 Å². The molecule has 2 atom stereocenters. The van der Waals surface area contributed by atoms with Crippen molar-refractivity contribution in [2.24, 2.45) is 0 Å². The Morgan fingerprint density at radius 3 is 2.82 bits per heavy atom. The summed E-state index contributed by atoms with van der Waals surface area (Å²) >= 11 is 0. The second-order valence-electron chi connectivity index (χ2n) is 4.29. The van der Waals surface area contributed by atoms with Crippen LogP contribution in [0.4, 0.5) is 0 Å². The SMILES string of the molecule is CCCNC(C)c1nnnn1C(C)CCOC. The highest BCUT2D eigenvalue weighted by atomic mass is 16.5. The Kier molecular flexibility index (Phi) is 6.07. The first-order chi connectivity index (χ1) is 8.20. The second kappa shape index (κ2) is 7.34. The van der Waals surface area contributed by atoms with Crippen LogP contribution in [-0.4, -0.2) is 40.5 Å². The summed E-state index contributed by atoms with van der Waals surface area (Å²) < 4.78 is 6.96. The van der Waals surface area contributed by atoms with Gasteiger partial charge >= 0.3 is 0 Å². The van der Waals surface area contributed by atoms with Crippen LogP contribution in [-0.2, 0) is 4.74 Å². The number of methoxy groups -OCH3 is 1. The van der Waals surface area contributed by atoms with Crippen LogP contribution in [0.5, 0.6) is 0 Å². The summed E-state index contributed by atoms with van der Waals surface area (Å²) in [6.45, 7) is 8.02. The summed E-state index contributed by atoms with van der Waals surface area (Å²) in [6.07, 6.45) is 2.01. The van der Waals surface area contributed by atoms with E-state index in [1.807, 2.05) is 4.68 Å². The summed E-state index contributed by atoms with van der Waals surface area (Å²) in [7, 11) is 1.71. The standard InChI is InChI=1S/C11H23N5O/c1-5-7-12-10(3)11-13-14-15-16(11)9(2)6-8-17-4/h9-10,12H,5-8H2,1-4H3. The van der Waals surface area contributed by atoms with Crippen molar-refractivity contribution in [1.82, 2.24) is 25.5 Å². The number of hydrogen-bond acceptors (Lipinski definition) is 5. The smallest absolute Gasteiger partial charge is 0.168 e. The minimum Gasteiger partial charge on any atom is -0.385 e. The molecule has 0 aliphatic carbocycles. The predicted molar refractivity (Wildman–Crippen MR) is 65.7 cm³/mol. The van der Waals surface area contributed by atoms with Crippen LogP contribution in [0.1, 0.15) is 51.5 Å². The summed E-state index contributed by atoms with van der Waals surface area (Å²) in [6, 6.07) is 0.431. The molecule has 0 aliphatic rings. The maximum atomic E-state index is 5.08. The molecule has 98 valence electrons. The lowest BCUT2D eigenvalue weighted by Crippen LogP contribution is -2.24. The van der Waals surface area contributed by atoms with E-state index in [1.54, 1.807) is 7.11 Å². The summed E-state index contributed by atoms with van der Waals surface area (Å²) in [4.78, 5) is 0. The van der Waals surface area contributed by atoms with Crippen molar-refractivity contribution in [3.63, 3.8) is 0 Å². The van der Waals surface area contributed by atoms with Gasteiger partial charge in [-0.3, -0.25) is 0 Å². The molecule has 2 unspecified atom stereocenters. The van der Waals surface area contributed by atoms with E-state index < -0.39 is 0 Å². The molecule has 1 heterocycles. The quantitative estimate of drug-likeness (QED) is 0.744. The Morgan fingerprint density at radius 2 is 2.18 bits per heavy atom. The molecule has 0 aliphatic heterocycles. The highest BCUT2D eigenvalue weighted by Gasteiger charge is 2.17. The van der Waals surface area contributed by atoms with E-state index in [4.69, 9.17) is 4.74 Å². The predicted octanol–water partition coefficient (Wildman–Crippen LogP) is 1.33. The molecule has 0 saturated carbocycles. The maximum Gasteiger partial charge on any atom is 0.168 e. The molecule has 1 rings (SSSR count). The van der Waals surface area contributed by atoms with Gasteiger partial charge in [-0.15, -0.1) is 5.10 Å². The van der Waals surface area contributed by atoms with E-state index in [1.165, 1.54) is 0 Å². The molecule has 6 nitrogen and oxygen atoms in total. The number of ether oxygens (including phenoxy) is 1. The normalized spacial score (nSPS) is 14.8. The molecule has 1 aromatic rings. The molecule has 0 saturated heterocycles. The first-order valence-electron chi connectivity index (χ1n) is 6.20. The van der Waals surface area contributed by atoms with Gasteiger partial charge in [0, 0.05) is 13.7 Å². The van der Waals surface area contributed by atoms with Crippen molar-refractivity contribution in [3.8, 4) is 0 Å². The van der Waals surface area contributed by atoms with Gasteiger partial charge in [0.2, 0.25) is 0 Å². The molecule has 6 heteroatoms. The Morgan fingerprint density at radius 1 is 1.41 bits per heavy atom. The second-order valence-corrected chi connectivity index (χ2v) is 4.29. The van der Waals surface area contributed by atoms with E-state index in [9.17, 15) is 0 Å². The van der Waals surface area contributed by atoms with Crippen LogP contribution in [0, 0.1) is 0 Å². The highest BCUT2D eigenvalue weighted by molar-refractivity contribution is 4.91. The number of tetrazole rings is 1. The van der Waals surface area contributed by atoms with E-state index in [0.29, 0.717) is 0 Å². The molecule has 0 aromatic carbocycles. The Bertz CT molecular complexity index is 286. The van der Waals surface area contributed by atoms with Crippen molar-refractivity contribution in [1.29, 1.82) is 0 Å². The Labute approximate surface area is 103 Å². The zero-order valence-corrected chi connectivity index (χ0v) is 11.2. The zero-order chi connectivity index (χ0) is 12.7. The number of hydrogen-bond donors (Lipinski definition) is 1. The molecule has 0 bridgehead atoms. The van der Waals surface area contributed by atoms with Crippen molar-refractivity contribution < 1.29 is 4.74 Å². The molecule has 0 radical (unpaired) electrons. The number of nitrogens with zero attached hydrogens (tertiary/aromatic N) is 4. The molecule has 1 N–H and O–H groups in total. The maximum absolute atomic E-state index is 5.08. The zero-order valence-electron chi connectivity index (χ0n) is 11.2. The van der Waals surface area contributed by atoms with Crippen molar-refractivity contribution >= 4 is 0 Å². The molecule has 17 heavy (non-hydrogen) atoms. The van der Waals surface area contributed by atoms with Crippen molar-refractivity contribution in [2.45, 2.75) is 45.7 Å². The largest absolute Gasteiger partial charge is 0.385 e. The average molecular weight is 241 g/mol. The fourth-order valence-corrected chi connectivity index (χ4v) is 1.66. The number of nitrogens with one attached hydrogen (secondary N) is 1. The van der Waals surface area contributed by atoms with Crippen molar-refractivity contribution in [2.75, 3.05) is 20.3 Å². The summed E-state index contributed by atoms with van der Waals surface area (Å²) in [5, 5.41) is 15.3. The van der Waals surface area contributed by atoms with Gasteiger partial charge in [0.15, 0.2) is 5.82 Å². The van der Waals surface area contributed by atoms with Gasteiger partial charge in [-0.1, -0.05) is 6.92 Å². The fourth-order valence-electron chi connectivity index (χ4n) is 1.66. The molecule has 0 amide bonds.